The van der Waals surface area contributed by atoms with Crippen LogP contribution in [0.3, 0.4) is 0 Å². The normalized spacial score (nSPS) is 19.1. The maximum Gasteiger partial charge on any atom is 0.387 e. The lowest BCUT2D eigenvalue weighted by molar-refractivity contribution is -0.149. The van der Waals surface area contributed by atoms with Crippen LogP contribution >= 0.6 is 0 Å². The third kappa shape index (κ3) is 5.01. The molecule has 6 nitrogen and oxygen atoms in total. The Morgan fingerprint density at radius 3 is 2.39 bits per heavy atom. The van der Waals surface area contributed by atoms with E-state index in [1.165, 1.54) is 24.3 Å². The number of hydrogen-bond donors (Lipinski definition) is 1. The topological polar surface area (TPSA) is 81.7 Å². The molecule has 1 fully saturated rings. The van der Waals surface area contributed by atoms with Gasteiger partial charge in [0.05, 0.1) is 5.92 Å². The van der Waals surface area contributed by atoms with E-state index in [1.54, 1.807) is 0 Å². The second-order valence-electron chi connectivity index (χ2n) is 5.21. The van der Waals surface area contributed by atoms with E-state index in [4.69, 9.17) is 4.74 Å². The molecule has 0 bridgehead atoms. The lowest BCUT2D eigenvalue weighted by Gasteiger charge is -2.07. The summed E-state index contributed by atoms with van der Waals surface area (Å²) in [5, 5.41) is 2.04. The van der Waals surface area contributed by atoms with Gasteiger partial charge in [-0.15, -0.1) is 0 Å². The van der Waals surface area contributed by atoms with Crippen molar-refractivity contribution < 1.29 is 32.6 Å². The molecule has 1 aliphatic rings. The number of imide groups is 1. The second kappa shape index (κ2) is 7.17. The van der Waals surface area contributed by atoms with E-state index in [1.807, 2.05) is 12.2 Å². The van der Waals surface area contributed by atoms with Crippen LogP contribution in [-0.4, -0.2) is 31.0 Å². The van der Waals surface area contributed by atoms with Crippen molar-refractivity contribution in [2.45, 2.75) is 20.0 Å². The first-order valence-corrected chi connectivity index (χ1v) is 6.92. The van der Waals surface area contributed by atoms with Crippen molar-refractivity contribution in [3.63, 3.8) is 0 Å². The van der Waals surface area contributed by atoms with Gasteiger partial charge in [-0.1, -0.05) is 6.92 Å². The smallest absolute Gasteiger partial charge is 0.387 e. The number of carbonyl (C=O) groups is 3. The fraction of sp³-hybridized carbons (Fsp3) is 0.400. The van der Waals surface area contributed by atoms with Crippen molar-refractivity contribution in [2.24, 2.45) is 11.8 Å². The minimum atomic E-state index is -2.96. The first-order chi connectivity index (χ1) is 10.9. The van der Waals surface area contributed by atoms with Crippen LogP contribution in [0.4, 0.5) is 8.78 Å². The maximum absolute atomic E-state index is 12.0. The summed E-state index contributed by atoms with van der Waals surface area (Å²) in [6, 6.07) is 4.83. The van der Waals surface area contributed by atoms with Gasteiger partial charge in [-0.25, -0.2) is 0 Å². The molecule has 2 rings (SSSR count). The second-order valence-corrected chi connectivity index (χ2v) is 5.21. The summed E-state index contributed by atoms with van der Waals surface area (Å²) in [4.78, 5) is 34.7. The third-order valence-electron chi connectivity index (χ3n) is 3.35. The molecule has 2 atom stereocenters. The molecule has 0 heterocycles. The molecule has 1 saturated carbocycles. The SMILES string of the molecule is C[C@H]1C[C@@H]1C(=O)OCC(=O)NC(=O)c1ccc(OC(F)F)cc1. The van der Waals surface area contributed by atoms with Crippen LogP contribution < -0.4 is 10.1 Å². The summed E-state index contributed by atoms with van der Waals surface area (Å²) in [6.45, 7) is -1.60. The highest BCUT2D eigenvalue weighted by Gasteiger charge is 2.40. The zero-order valence-corrected chi connectivity index (χ0v) is 12.3. The van der Waals surface area contributed by atoms with Crippen molar-refractivity contribution >= 4 is 17.8 Å². The molecule has 1 aliphatic carbocycles. The quantitative estimate of drug-likeness (QED) is 0.805. The Labute approximate surface area is 130 Å². The minimum absolute atomic E-state index is 0.0853. The molecule has 2 amide bonds. The fourth-order valence-electron chi connectivity index (χ4n) is 1.92. The first kappa shape index (κ1) is 16.9. The van der Waals surface area contributed by atoms with Gasteiger partial charge in [0.2, 0.25) is 0 Å². The van der Waals surface area contributed by atoms with E-state index < -0.39 is 31.0 Å². The van der Waals surface area contributed by atoms with E-state index in [0.29, 0.717) is 0 Å². The molecular formula is C15H15F2NO5. The Morgan fingerprint density at radius 2 is 1.87 bits per heavy atom. The summed E-state index contributed by atoms with van der Waals surface area (Å²) in [5.74, 6) is -1.94. The molecule has 0 spiro atoms. The zero-order chi connectivity index (χ0) is 17.0. The predicted molar refractivity (Wildman–Crippen MR) is 73.8 cm³/mol. The van der Waals surface area contributed by atoms with Gasteiger partial charge in [0.15, 0.2) is 6.61 Å². The Bertz CT molecular complexity index is 602. The summed E-state index contributed by atoms with van der Waals surface area (Å²) >= 11 is 0. The highest BCUT2D eigenvalue weighted by molar-refractivity contribution is 6.05. The largest absolute Gasteiger partial charge is 0.455 e. The summed E-state index contributed by atoms with van der Waals surface area (Å²) < 4.78 is 32.9. The molecule has 0 unspecified atom stereocenters. The molecule has 1 N–H and O–H groups in total. The average molecular weight is 327 g/mol. The monoisotopic (exact) mass is 327 g/mol. The molecule has 1 aromatic carbocycles. The summed E-state index contributed by atoms with van der Waals surface area (Å²) in [5.41, 5.74) is 0.0853. The van der Waals surface area contributed by atoms with E-state index in [2.05, 4.69) is 4.74 Å². The van der Waals surface area contributed by atoms with Crippen molar-refractivity contribution in [3.8, 4) is 5.75 Å². The number of amides is 2. The van der Waals surface area contributed by atoms with Gasteiger partial charge < -0.3 is 9.47 Å². The van der Waals surface area contributed by atoms with Crippen LogP contribution in [0.25, 0.3) is 0 Å². The average Bonchev–Trinajstić information content (AvgIpc) is 3.22. The number of esters is 1. The van der Waals surface area contributed by atoms with Crippen molar-refractivity contribution in [1.82, 2.24) is 5.32 Å². The van der Waals surface area contributed by atoms with E-state index in [0.717, 1.165) is 6.42 Å². The Morgan fingerprint density at radius 1 is 1.26 bits per heavy atom. The molecule has 0 radical (unpaired) electrons. The Hall–Kier alpha value is -2.51. The Balaban J connectivity index is 1.78. The van der Waals surface area contributed by atoms with Crippen molar-refractivity contribution in [3.05, 3.63) is 29.8 Å². The number of alkyl halides is 2. The van der Waals surface area contributed by atoms with E-state index >= 15 is 0 Å². The number of rotatable bonds is 6. The van der Waals surface area contributed by atoms with Gasteiger partial charge in [0, 0.05) is 5.56 Å². The van der Waals surface area contributed by atoms with Crippen molar-refractivity contribution in [2.75, 3.05) is 6.61 Å². The van der Waals surface area contributed by atoms with E-state index in [9.17, 15) is 23.2 Å². The molecule has 1 aromatic rings. The molecule has 8 heteroatoms. The summed E-state index contributed by atoms with van der Waals surface area (Å²) in [7, 11) is 0. The highest BCUT2D eigenvalue weighted by Crippen LogP contribution is 2.38. The molecule has 124 valence electrons. The Kier molecular flexibility index (Phi) is 5.25. The number of ether oxygens (including phenoxy) is 2. The van der Waals surface area contributed by atoms with Gasteiger partial charge >= 0.3 is 12.6 Å². The highest BCUT2D eigenvalue weighted by atomic mass is 19.3. The first-order valence-electron chi connectivity index (χ1n) is 6.92. The molecule has 23 heavy (non-hydrogen) atoms. The van der Waals surface area contributed by atoms with Crippen LogP contribution in [0.15, 0.2) is 24.3 Å². The van der Waals surface area contributed by atoms with Crippen LogP contribution in [0, 0.1) is 11.8 Å². The lowest BCUT2D eigenvalue weighted by atomic mass is 10.2. The van der Waals surface area contributed by atoms with Gasteiger partial charge in [-0.2, -0.15) is 8.78 Å². The molecular weight excluding hydrogens is 312 g/mol. The fourth-order valence-corrected chi connectivity index (χ4v) is 1.92. The number of hydrogen-bond acceptors (Lipinski definition) is 5. The lowest BCUT2D eigenvalue weighted by Crippen LogP contribution is -2.34. The van der Waals surface area contributed by atoms with Crippen LogP contribution in [0.2, 0.25) is 0 Å². The number of benzene rings is 1. The van der Waals surface area contributed by atoms with Crippen LogP contribution in [-0.2, 0) is 14.3 Å². The molecule has 0 aromatic heterocycles. The van der Waals surface area contributed by atoms with Gasteiger partial charge in [0.1, 0.15) is 5.75 Å². The molecule has 0 aliphatic heterocycles. The standard InChI is InChI=1S/C15H15F2NO5/c1-8-6-11(8)14(21)22-7-12(19)18-13(20)9-2-4-10(5-3-9)23-15(16)17/h2-5,8,11,15H,6-7H2,1H3,(H,18,19,20)/t8-,11-/m0/s1. The number of carbonyl (C=O) groups excluding carboxylic acids is 3. The number of halogens is 2. The predicted octanol–water partition coefficient (Wildman–Crippen LogP) is 1.74. The third-order valence-corrected chi connectivity index (χ3v) is 3.35. The van der Waals surface area contributed by atoms with Gasteiger partial charge in [-0.3, -0.25) is 19.7 Å². The van der Waals surface area contributed by atoms with Crippen LogP contribution in [0.5, 0.6) is 5.75 Å². The summed E-state index contributed by atoms with van der Waals surface area (Å²) in [6.07, 6.45) is 0.742. The molecule has 0 saturated heterocycles. The maximum atomic E-state index is 12.0. The number of nitrogens with one attached hydrogen (secondary N) is 1. The van der Waals surface area contributed by atoms with E-state index in [-0.39, 0.29) is 23.1 Å². The van der Waals surface area contributed by atoms with Crippen molar-refractivity contribution in [1.29, 1.82) is 0 Å². The van der Waals surface area contributed by atoms with Crippen LogP contribution in [0.1, 0.15) is 23.7 Å². The zero-order valence-electron chi connectivity index (χ0n) is 12.3. The van der Waals surface area contributed by atoms with Gasteiger partial charge in [-0.05, 0) is 36.6 Å². The van der Waals surface area contributed by atoms with Gasteiger partial charge in [0.25, 0.3) is 11.8 Å². The minimum Gasteiger partial charge on any atom is -0.455 e.